The van der Waals surface area contributed by atoms with Gasteiger partial charge in [-0.15, -0.1) is 0 Å². The molecule has 0 aliphatic carbocycles. The fourth-order valence-electron chi connectivity index (χ4n) is 0.989. The van der Waals surface area contributed by atoms with Gasteiger partial charge in [-0.2, -0.15) is 0 Å². The van der Waals surface area contributed by atoms with Crippen LogP contribution >= 0.6 is 11.8 Å². The Kier molecular flexibility index (Phi) is 2.78. The van der Waals surface area contributed by atoms with Gasteiger partial charge in [0.15, 0.2) is 10.2 Å². The van der Waals surface area contributed by atoms with E-state index in [1.165, 1.54) is 24.4 Å². The summed E-state index contributed by atoms with van der Waals surface area (Å²) >= 11 is 1.04. The minimum atomic E-state index is -1.14. The molecule has 6 nitrogen and oxygen atoms in total. The highest BCUT2D eigenvalue weighted by Crippen LogP contribution is 2.25. The number of aromatic nitrogens is 2. The van der Waals surface area contributed by atoms with Crippen LogP contribution in [0.3, 0.4) is 0 Å². The topological polar surface area (TPSA) is 96.2 Å². The molecule has 0 aliphatic rings. The minimum absolute atomic E-state index is 0.152. The molecule has 2 aromatic rings. The number of H-pyrrole nitrogens is 1. The number of nitrogens with zero attached hydrogens (tertiary/aromatic N) is 1. The van der Waals surface area contributed by atoms with Crippen molar-refractivity contribution in [3.05, 3.63) is 40.5 Å². The van der Waals surface area contributed by atoms with Gasteiger partial charge < -0.3 is 14.5 Å². The van der Waals surface area contributed by atoms with Crippen LogP contribution < -0.4 is 5.56 Å². The second-order valence-corrected chi connectivity index (χ2v) is 3.76. The second-order valence-electron chi connectivity index (χ2n) is 2.77. The average molecular weight is 238 g/mol. The van der Waals surface area contributed by atoms with Crippen molar-refractivity contribution in [2.75, 3.05) is 0 Å². The lowest BCUT2D eigenvalue weighted by atomic mass is 10.5. The molecule has 0 atom stereocenters. The first-order chi connectivity index (χ1) is 7.65. The Bertz CT molecular complexity index is 575. The molecular formula is C9H6N2O4S. The van der Waals surface area contributed by atoms with Gasteiger partial charge in [0.05, 0.1) is 0 Å². The Morgan fingerprint density at radius 1 is 1.44 bits per heavy atom. The van der Waals surface area contributed by atoms with Crippen molar-refractivity contribution in [2.45, 2.75) is 10.2 Å². The molecule has 0 aromatic carbocycles. The number of rotatable bonds is 3. The molecular weight excluding hydrogens is 232 g/mol. The molecule has 16 heavy (non-hydrogen) atoms. The molecule has 7 heteroatoms. The number of carboxylic acids is 1. The summed E-state index contributed by atoms with van der Waals surface area (Å²) < 4.78 is 4.99. The normalized spacial score (nSPS) is 10.2. The number of carboxylic acid groups (broad SMARTS) is 1. The van der Waals surface area contributed by atoms with Gasteiger partial charge in [0.1, 0.15) is 0 Å². The fraction of sp³-hybridized carbons (Fsp3) is 0. The van der Waals surface area contributed by atoms with E-state index in [0.717, 1.165) is 11.8 Å². The van der Waals surface area contributed by atoms with Crippen LogP contribution in [0.4, 0.5) is 0 Å². The zero-order valence-electron chi connectivity index (χ0n) is 7.84. The number of nitrogens with one attached hydrogen (secondary N) is 1. The molecule has 2 N–H and O–H groups in total. The summed E-state index contributed by atoms with van der Waals surface area (Å²) in [6.07, 6.45) is 1.36. The van der Waals surface area contributed by atoms with E-state index in [2.05, 4.69) is 9.97 Å². The van der Waals surface area contributed by atoms with E-state index in [1.807, 2.05) is 0 Å². The maximum absolute atomic E-state index is 11.0. The van der Waals surface area contributed by atoms with E-state index >= 15 is 0 Å². The Hall–Kier alpha value is -2.02. The van der Waals surface area contributed by atoms with Crippen molar-refractivity contribution >= 4 is 17.7 Å². The zero-order chi connectivity index (χ0) is 11.5. The average Bonchev–Trinajstić information content (AvgIpc) is 2.66. The molecule has 0 saturated carbocycles. The molecule has 0 radical (unpaired) electrons. The Morgan fingerprint density at radius 3 is 2.88 bits per heavy atom. The maximum atomic E-state index is 11.0. The molecule has 82 valence electrons. The SMILES string of the molecule is O=C(O)c1ccc(Sc2nccc(=O)[nH]2)o1. The third-order valence-electron chi connectivity index (χ3n) is 1.64. The van der Waals surface area contributed by atoms with Gasteiger partial charge in [0, 0.05) is 12.3 Å². The van der Waals surface area contributed by atoms with E-state index in [-0.39, 0.29) is 11.3 Å². The standard InChI is InChI=1S/C9H6N2O4S/c12-6-3-4-10-9(11-6)16-7-2-1-5(15-7)8(13)14/h1-4H,(H,13,14)(H,10,11,12). The van der Waals surface area contributed by atoms with E-state index in [9.17, 15) is 9.59 Å². The summed E-state index contributed by atoms with van der Waals surface area (Å²) in [5, 5.41) is 9.33. The summed E-state index contributed by atoms with van der Waals surface area (Å²) in [5.74, 6) is -1.29. The van der Waals surface area contributed by atoms with Crippen LogP contribution in [0.5, 0.6) is 0 Å². The quantitative estimate of drug-likeness (QED) is 0.780. The molecule has 2 heterocycles. The van der Waals surface area contributed by atoms with Crippen LogP contribution in [0.1, 0.15) is 10.6 Å². The van der Waals surface area contributed by atoms with Gasteiger partial charge in [0.25, 0.3) is 5.56 Å². The lowest BCUT2D eigenvalue weighted by Gasteiger charge is -1.94. The van der Waals surface area contributed by atoms with Crippen molar-refractivity contribution < 1.29 is 14.3 Å². The van der Waals surface area contributed by atoms with Gasteiger partial charge in [-0.1, -0.05) is 0 Å². The number of aromatic amines is 1. The Labute approximate surface area is 93.3 Å². The van der Waals surface area contributed by atoms with Crippen molar-refractivity contribution in [2.24, 2.45) is 0 Å². The third kappa shape index (κ3) is 2.31. The molecule has 0 spiro atoms. The van der Waals surface area contributed by atoms with Crippen LogP contribution in [0, 0.1) is 0 Å². The van der Waals surface area contributed by atoms with Gasteiger partial charge in [-0.05, 0) is 23.9 Å². The molecule has 0 fully saturated rings. The van der Waals surface area contributed by atoms with Gasteiger partial charge in [-0.25, -0.2) is 9.78 Å². The van der Waals surface area contributed by atoms with E-state index in [0.29, 0.717) is 10.2 Å². The van der Waals surface area contributed by atoms with E-state index < -0.39 is 5.97 Å². The molecule has 0 bridgehead atoms. The molecule has 2 rings (SSSR count). The monoisotopic (exact) mass is 238 g/mol. The van der Waals surface area contributed by atoms with Gasteiger partial charge >= 0.3 is 5.97 Å². The minimum Gasteiger partial charge on any atom is -0.475 e. The van der Waals surface area contributed by atoms with Crippen LogP contribution in [0.25, 0.3) is 0 Å². The van der Waals surface area contributed by atoms with Crippen molar-refractivity contribution in [3.63, 3.8) is 0 Å². The van der Waals surface area contributed by atoms with Crippen molar-refractivity contribution in [1.82, 2.24) is 9.97 Å². The van der Waals surface area contributed by atoms with Crippen molar-refractivity contribution in [1.29, 1.82) is 0 Å². The predicted molar refractivity (Wildman–Crippen MR) is 54.6 cm³/mol. The predicted octanol–water partition coefficient (Wildman–Crippen LogP) is 1.21. The van der Waals surface area contributed by atoms with Crippen molar-refractivity contribution in [3.8, 4) is 0 Å². The number of hydrogen-bond acceptors (Lipinski definition) is 5. The summed E-state index contributed by atoms with van der Waals surface area (Å²) in [6.45, 7) is 0. The first-order valence-electron chi connectivity index (χ1n) is 4.21. The van der Waals surface area contributed by atoms with Gasteiger partial charge in [-0.3, -0.25) is 4.79 Å². The van der Waals surface area contributed by atoms with Crippen LogP contribution in [-0.4, -0.2) is 21.0 Å². The maximum Gasteiger partial charge on any atom is 0.371 e. The highest BCUT2D eigenvalue weighted by molar-refractivity contribution is 7.99. The highest BCUT2D eigenvalue weighted by atomic mass is 32.2. The first kappa shape index (κ1) is 10.5. The Morgan fingerprint density at radius 2 is 2.25 bits per heavy atom. The number of aromatic carboxylic acids is 1. The summed E-state index contributed by atoms with van der Waals surface area (Å²) in [4.78, 5) is 27.9. The molecule has 0 saturated heterocycles. The number of carbonyl (C=O) groups is 1. The van der Waals surface area contributed by atoms with E-state index in [4.69, 9.17) is 9.52 Å². The molecule has 0 unspecified atom stereocenters. The summed E-state index contributed by atoms with van der Waals surface area (Å²) in [5.41, 5.74) is -0.275. The lowest BCUT2D eigenvalue weighted by molar-refractivity contribution is 0.0656. The largest absolute Gasteiger partial charge is 0.475 e. The summed E-state index contributed by atoms with van der Waals surface area (Å²) in [7, 11) is 0. The third-order valence-corrected chi connectivity index (χ3v) is 2.46. The Balaban J connectivity index is 2.20. The van der Waals surface area contributed by atoms with Gasteiger partial charge in [0.2, 0.25) is 5.76 Å². The second kappa shape index (κ2) is 4.23. The highest BCUT2D eigenvalue weighted by Gasteiger charge is 2.10. The number of furan rings is 1. The van der Waals surface area contributed by atoms with E-state index in [1.54, 1.807) is 0 Å². The molecule has 0 aliphatic heterocycles. The molecule has 0 amide bonds. The van der Waals surface area contributed by atoms with Crippen LogP contribution in [0.15, 0.2) is 43.9 Å². The smallest absolute Gasteiger partial charge is 0.371 e. The van der Waals surface area contributed by atoms with Crippen LogP contribution in [-0.2, 0) is 0 Å². The number of hydrogen-bond donors (Lipinski definition) is 2. The lowest BCUT2D eigenvalue weighted by Crippen LogP contribution is -2.04. The molecule has 2 aromatic heterocycles. The fourth-order valence-corrected chi connectivity index (χ4v) is 1.71. The van der Waals surface area contributed by atoms with Crippen LogP contribution in [0.2, 0.25) is 0 Å². The zero-order valence-corrected chi connectivity index (χ0v) is 8.65. The summed E-state index contributed by atoms with van der Waals surface area (Å²) in [6, 6.07) is 4.13. The first-order valence-corrected chi connectivity index (χ1v) is 5.03.